The lowest BCUT2D eigenvalue weighted by molar-refractivity contribution is 0.683. The number of aromatic nitrogens is 2. The third kappa shape index (κ3) is 0.609. The predicted octanol–water partition coefficient (Wildman–Crippen LogP) is 0.664. The molecule has 3 heteroatoms. The summed E-state index contributed by atoms with van der Waals surface area (Å²) in [6.07, 6.45) is 2.17. The molecule has 2 rings (SSSR count). The van der Waals surface area contributed by atoms with Crippen LogP contribution in [0.2, 0.25) is 0 Å². The van der Waals surface area contributed by atoms with Crippen LogP contribution in [0.5, 0.6) is 0 Å². The minimum atomic E-state index is 0.205. The SMILES string of the molecule is Cc1n[nH]c2c1CC[C@H]2N. The Bertz CT molecular complexity index is 251. The van der Waals surface area contributed by atoms with Gasteiger partial charge in [-0.15, -0.1) is 0 Å². The molecule has 3 nitrogen and oxygen atoms in total. The van der Waals surface area contributed by atoms with Gasteiger partial charge in [-0.2, -0.15) is 5.10 Å². The second-order valence-corrected chi connectivity index (χ2v) is 2.85. The number of hydrogen-bond donors (Lipinski definition) is 2. The van der Waals surface area contributed by atoms with Gasteiger partial charge in [-0.3, -0.25) is 5.10 Å². The van der Waals surface area contributed by atoms with E-state index in [-0.39, 0.29) is 6.04 Å². The Morgan fingerprint density at radius 1 is 1.70 bits per heavy atom. The van der Waals surface area contributed by atoms with Crippen LogP contribution in [0.25, 0.3) is 0 Å². The van der Waals surface area contributed by atoms with Crippen LogP contribution in [-0.4, -0.2) is 10.2 Å². The van der Waals surface area contributed by atoms with E-state index >= 15 is 0 Å². The summed E-state index contributed by atoms with van der Waals surface area (Å²) in [6, 6.07) is 0.205. The number of hydrogen-bond acceptors (Lipinski definition) is 2. The van der Waals surface area contributed by atoms with Gasteiger partial charge in [0, 0.05) is 6.04 Å². The van der Waals surface area contributed by atoms with Gasteiger partial charge in [0.25, 0.3) is 0 Å². The maximum absolute atomic E-state index is 5.79. The molecule has 0 fully saturated rings. The van der Waals surface area contributed by atoms with Crippen molar-refractivity contribution < 1.29 is 0 Å². The second-order valence-electron chi connectivity index (χ2n) is 2.85. The molecule has 54 valence electrons. The van der Waals surface area contributed by atoms with E-state index in [1.54, 1.807) is 0 Å². The van der Waals surface area contributed by atoms with E-state index in [2.05, 4.69) is 10.2 Å². The molecule has 0 aliphatic heterocycles. The maximum atomic E-state index is 5.79. The van der Waals surface area contributed by atoms with E-state index < -0.39 is 0 Å². The van der Waals surface area contributed by atoms with E-state index in [4.69, 9.17) is 5.73 Å². The van der Waals surface area contributed by atoms with Crippen LogP contribution in [0.15, 0.2) is 0 Å². The number of rotatable bonds is 0. The van der Waals surface area contributed by atoms with E-state index in [9.17, 15) is 0 Å². The van der Waals surface area contributed by atoms with Crippen molar-refractivity contribution in [1.29, 1.82) is 0 Å². The molecule has 0 spiro atoms. The van der Waals surface area contributed by atoms with Gasteiger partial charge in [-0.25, -0.2) is 0 Å². The average molecular weight is 137 g/mol. The van der Waals surface area contributed by atoms with E-state index in [1.165, 1.54) is 5.56 Å². The molecule has 1 aromatic rings. The van der Waals surface area contributed by atoms with Gasteiger partial charge in [-0.1, -0.05) is 0 Å². The Hall–Kier alpha value is -0.830. The molecule has 0 aromatic carbocycles. The highest BCUT2D eigenvalue weighted by atomic mass is 15.1. The van der Waals surface area contributed by atoms with Crippen LogP contribution in [0.1, 0.15) is 29.4 Å². The van der Waals surface area contributed by atoms with Gasteiger partial charge in [0.05, 0.1) is 11.4 Å². The highest BCUT2D eigenvalue weighted by Gasteiger charge is 2.22. The molecule has 0 amide bonds. The molecule has 3 N–H and O–H groups in total. The van der Waals surface area contributed by atoms with E-state index in [1.807, 2.05) is 6.92 Å². The fourth-order valence-corrected chi connectivity index (χ4v) is 1.54. The van der Waals surface area contributed by atoms with E-state index in [0.717, 1.165) is 24.2 Å². The van der Waals surface area contributed by atoms with Gasteiger partial charge in [-0.05, 0) is 25.3 Å². The number of aryl methyl sites for hydroxylation is 1. The molecule has 1 aromatic heterocycles. The van der Waals surface area contributed by atoms with Gasteiger partial charge in [0.1, 0.15) is 0 Å². The molecule has 0 radical (unpaired) electrons. The normalized spacial score (nSPS) is 23.2. The number of aromatic amines is 1. The summed E-state index contributed by atoms with van der Waals surface area (Å²) in [7, 11) is 0. The number of H-pyrrole nitrogens is 1. The molecular formula is C7H11N3. The quantitative estimate of drug-likeness (QED) is 0.552. The zero-order valence-corrected chi connectivity index (χ0v) is 6.02. The Balaban J connectivity index is 2.53. The molecule has 1 atom stereocenters. The van der Waals surface area contributed by atoms with Crippen LogP contribution >= 0.6 is 0 Å². The first-order valence-corrected chi connectivity index (χ1v) is 3.58. The van der Waals surface area contributed by atoms with Crippen LogP contribution in [0, 0.1) is 6.92 Å². The van der Waals surface area contributed by atoms with Crippen molar-refractivity contribution in [2.45, 2.75) is 25.8 Å². The summed E-state index contributed by atoms with van der Waals surface area (Å²) in [5.74, 6) is 0. The summed E-state index contributed by atoms with van der Waals surface area (Å²) in [6.45, 7) is 2.02. The van der Waals surface area contributed by atoms with Crippen molar-refractivity contribution in [3.8, 4) is 0 Å². The zero-order chi connectivity index (χ0) is 7.14. The van der Waals surface area contributed by atoms with Gasteiger partial charge >= 0.3 is 0 Å². The van der Waals surface area contributed by atoms with Gasteiger partial charge < -0.3 is 5.73 Å². The molecule has 10 heavy (non-hydrogen) atoms. The number of nitrogens with one attached hydrogen (secondary N) is 1. The lowest BCUT2D eigenvalue weighted by Gasteiger charge is -1.96. The highest BCUT2D eigenvalue weighted by molar-refractivity contribution is 5.31. The molecule has 0 saturated heterocycles. The fraction of sp³-hybridized carbons (Fsp3) is 0.571. The van der Waals surface area contributed by atoms with Crippen molar-refractivity contribution in [2.75, 3.05) is 0 Å². The maximum Gasteiger partial charge on any atom is 0.0626 e. The summed E-state index contributed by atoms with van der Waals surface area (Å²) in [5, 5.41) is 7.04. The zero-order valence-electron chi connectivity index (χ0n) is 6.02. The van der Waals surface area contributed by atoms with Crippen LogP contribution < -0.4 is 5.73 Å². The third-order valence-corrected chi connectivity index (χ3v) is 2.18. The van der Waals surface area contributed by atoms with Gasteiger partial charge in [0.2, 0.25) is 0 Å². The number of nitrogens with two attached hydrogens (primary N) is 1. The molecule has 1 aliphatic carbocycles. The van der Waals surface area contributed by atoms with Crippen molar-refractivity contribution in [2.24, 2.45) is 5.73 Å². The second kappa shape index (κ2) is 1.83. The minimum Gasteiger partial charge on any atom is -0.323 e. The Morgan fingerprint density at radius 3 is 3.20 bits per heavy atom. The molecule has 0 saturated carbocycles. The fourth-order valence-electron chi connectivity index (χ4n) is 1.54. The molecule has 0 bridgehead atoms. The van der Waals surface area contributed by atoms with Crippen molar-refractivity contribution in [3.05, 3.63) is 17.0 Å². The lowest BCUT2D eigenvalue weighted by atomic mass is 10.2. The average Bonchev–Trinajstić information content (AvgIpc) is 2.41. The first-order chi connectivity index (χ1) is 4.79. The van der Waals surface area contributed by atoms with Crippen molar-refractivity contribution in [1.82, 2.24) is 10.2 Å². The Morgan fingerprint density at radius 2 is 2.50 bits per heavy atom. The molecule has 1 heterocycles. The number of nitrogens with zero attached hydrogens (tertiary/aromatic N) is 1. The summed E-state index contributed by atoms with van der Waals surface area (Å²) in [4.78, 5) is 0. The monoisotopic (exact) mass is 137 g/mol. The minimum absolute atomic E-state index is 0.205. The highest BCUT2D eigenvalue weighted by Crippen LogP contribution is 2.28. The van der Waals surface area contributed by atoms with Crippen LogP contribution in [-0.2, 0) is 6.42 Å². The van der Waals surface area contributed by atoms with Gasteiger partial charge in [0.15, 0.2) is 0 Å². The summed E-state index contributed by atoms with van der Waals surface area (Å²) in [5.41, 5.74) is 9.39. The molecule has 1 aliphatic rings. The lowest BCUT2D eigenvalue weighted by Crippen LogP contribution is -2.05. The summed E-state index contributed by atoms with van der Waals surface area (Å²) >= 11 is 0. The largest absolute Gasteiger partial charge is 0.323 e. The van der Waals surface area contributed by atoms with Crippen LogP contribution in [0.3, 0.4) is 0 Å². The Labute approximate surface area is 59.6 Å². The van der Waals surface area contributed by atoms with Crippen molar-refractivity contribution >= 4 is 0 Å². The molecular weight excluding hydrogens is 126 g/mol. The third-order valence-electron chi connectivity index (χ3n) is 2.18. The van der Waals surface area contributed by atoms with Crippen molar-refractivity contribution in [3.63, 3.8) is 0 Å². The van der Waals surface area contributed by atoms with Crippen LogP contribution in [0.4, 0.5) is 0 Å². The first-order valence-electron chi connectivity index (χ1n) is 3.58. The summed E-state index contributed by atoms with van der Waals surface area (Å²) < 4.78 is 0. The topological polar surface area (TPSA) is 54.7 Å². The van der Waals surface area contributed by atoms with E-state index in [0.29, 0.717) is 0 Å². The smallest absolute Gasteiger partial charge is 0.0626 e. The number of fused-ring (bicyclic) bond motifs is 1. The first kappa shape index (κ1) is 5.92. The standard InChI is InChI=1S/C7H11N3/c1-4-5-2-3-6(8)7(5)10-9-4/h6H,2-3,8H2,1H3,(H,9,10)/t6-/m1/s1. The predicted molar refractivity (Wildman–Crippen MR) is 38.6 cm³/mol. The molecule has 0 unspecified atom stereocenters. The Kier molecular flexibility index (Phi) is 1.08.